The molecule has 0 aliphatic carbocycles. The standard InChI is InChI=1S/C19H16ClNO/c20-18-9-5-4-8-16(18)17-12-15(21)10-11-19(17)22-13-14-6-2-1-3-7-14/h1-12H,13,21H2. The van der Waals surface area contributed by atoms with Crippen LogP contribution in [0.25, 0.3) is 11.1 Å². The van der Waals surface area contributed by atoms with Crippen LogP contribution in [0.3, 0.4) is 0 Å². The van der Waals surface area contributed by atoms with Crippen molar-refractivity contribution in [2.45, 2.75) is 6.61 Å². The molecule has 0 fully saturated rings. The number of nitrogens with two attached hydrogens (primary N) is 1. The van der Waals surface area contributed by atoms with Crippen molar-refractivity contribution in [3.63, 3.8) is 0 Å². The summed E-state index contributed by atoms with van der Waals surface area (Å²) in [4.78, 5) is 0. The van der Waals surface area contributed by atoms with E-state index in [1.807, 2.05) is 72.8 Å². The van der Waals surface area contributed by atoms with E-state index < -0.39 is 0 Å². The highest BCUT2D eigenvalue weighted by Crippen LogP contribution is 2.36. The van der Waals surface area contributed by atoms with Crippen molar-refractivity contribution in [2.24, 2.45) is 0 Å². The predicted octanol–water partition coefficient (Wildman–Crippen LogP) is 5.17. The molecule has 0 aliphatic heterocycles. The van der Waals surface area contributed by atoms with E-state index >= 15 is 0 Å². The van der Waals surface area contributed by atoms with Gasteiger partial charge in [-0.05, 0) is 29.8 Å². The number of benzene rings is 3. The van der Waals surface area contributed by atoms with Crippen molar-refractivity contribution in [3.8, 4) is 16.9 Å². The Kier molecular flexibility index (Phi) is 4.31. The lowest BCUT2D eigenvalue weighted by molar-refractivity contribution is 0.307. The summed E-state index contributed by atoms with van der Waals surface area (Å²) in [7, 11) is 0. The average molecular weight is 310 g/mol. The Morgan fingerprint density at radius 1 is 0.818 bits per heavy atom. The maximum Gasteiger partial charge on any atom is 0.127 e. The monoisotopic (exact) mass is 309 g/mol. The molecule has 3 rings (SSSR count). The van der Waals surface area contributed by atoms with E-state index in [0.717, 1.165) is 22.4 Å². The third kappa shape index (κ3) is 3.23. The van der Waals surface area contributed by atoms with Gasteiger partial charge in [-0.3, -0.25) is 0 Å². The highest BCUT2D eigenvalue weighted by atomic mass is 35.5. The van der Waals surface area contributed by atoms with E-state index in [2.05, 4.69) is 0 Å². The lowest BCUT2D eigenvalue weighted by atomic mass is 10.0. The molecule has 0 saturated heterocycles. The Hall–Kier alpha value is -2.45. The second-order valence-corrected chi connectivity index (χ2v) is 5.42. The fourth-order valence-electron chi connectivity index (χ4n) is 2.30. The molecule has 3 aromatic rings. The summed E-state index contributed by atoms with van der Waals surface area (Å²) in [5.74, 6) is 0.770. The molecule has 0 spiro atoms. The van der Waals surface area contributed by atoms with Gasteiger partial charge in [-0.15, -0.1) is 0 Å². The van der Waals surface area contributed by atoms with Gasteiger partial charge < -0.3 is 10.5 Å². The Morgan fingerprint density at radius 3 is 2.32 bits per heavy atom. The minimum atomic E-state index is 0.502. The first kappa shape index (κ1) is 14.5. The molecule has 3 heteroatoms. The van der Waals surface area contributed by atoms with Crippen LogP contribution < -0.4 is 10.5 Å². The molecular formula is C19H16ClNO. The average Bonchev–Trinajstić information content (AvgIpc) is 2.55. The van der Waals surface area contributed by atoms with E-state index in [1.165, 1.54) is 0 Å². The minimum Gasteiger partial charge on any atom is -0.488 e. The molecule has 0 atom stereocenters. The molecule has 0 bridgehead atoms. The zero-order valence-corrected chi connectivity index (χ0v) is 12.8. The summed E-state index contributed by atoms with van der Waals surface area (Å²) in [6.45, 7) is 0.502. The van der Waals surface area contributed by atoms with Crippen molar-refractivity contribution in [3.05, 3.63) is 83.4 Å². The number of hydrogen-bond donors (Lipinski definition) is 1. The normalized spacial score (nSPS) is 10.4. The summed E-state index contributed by atoms with van der Waals surface area (Å²) >= 11 is 6.30. The Labute approximate surface area is 135 Å². The topological polar surface area (TPSA) is 35.2 Å². The zero-order chi connectivity index (χ0) is 15.4. The zero-order valence-electron chi connectivity index (χ0n) is 12.0. The van der Waals surface area contributed by atoms with Crippen LogP contribution in [0.1, 0.15) is 5.56 Å². The molecule has 0 saturated carbocycles. The number of ether oxygens (including phenoxy) is 1. The summed E-state index contributed by atoms with van der Waals surface area (Å²) in [5, 5.41) is 0.678. The Morgan fingerprint density at radius 2 is 1.55 bits per heavy atom. The van der Waals surface area contributed by atoms with Crippen LogP contribution in [0, 0.1) is 0 Å². The van der Waals surface area contributed by atoms with Crippen LogP contribution in [0.2, 0.25) is 5.02 Å². The van der Waals surface area contributed by atoms with Crippen LogP contribution in [0.4, 0.5) is 5.69 Å². The van der Waals surface area contributed by atoms with E-state index in [0.29, 0.717) is 17.3 Å². The minimum absolute atomic E-state index is 0.502. The van der Waals surface area contributed by atoms with Gasteiger partial charge in [0.2, 0.25) is 0 Å². The van der Waals surface area contributed by atoms with Crippen molar-refractivity contribution in [1.29, 1.82) is 0 Å². The second-order valence-electron chi connectivity index (χ2n) is 5.01. The van der Waals surface area contributed by atoms with Crippen molar-refractivity contribution in [1.82, 2.24) is 0 Å². The van der Waals surface area contributed by atoms with Crippen molar-refractivity contribution >= 4 is 17.3 Å². The first-order valence-electron chi connectivity index (χ1n) is 7.05. The van der Waals surface area contributed by atoms with Crippen LogP contribution in [0.15, 0.2) is 72.8 Å². The van der Waals surface area contributed by atoms with Gasteiger partial charge in [0.05, 0.1) is 0 Å². The lowest BCUT2D eigenvalue weighted by Crippen LogP contribution is -1.98. The molecule has 0 amide bonds. The van der Waals surface area contributed by atoms with E-state index in [9.17, 15) is 0 Å². The predicted molar refractivity (Wildman–Crippen MR) is 92.1 cm³/mol. The molecule has 3 aromatic carbocycles. The van der Waals surface area contributed by atoms with Gasteiger partial charge in [-0.1, -0.05) is 60.1 Å². The molecule has 22 heavy (non-hydrogen) atoms. The fourth-order valence-corrected chi connectivity index (χ4v) is 2.54. The van der Waals surface area contributed by atoms with Gasteiger partial charge in [0.1, 0.15) is 12.4 Å². The highest BCUT2D eigenvalue weighted by molar-refractivity contribution is 6.33. The quantitative estimate of drug-likeness (QED) is 0.675. The van der Waals surface area contributed by atoms with E-state index in [4.69, 9.17) is 22.1 Å². The lowest BCUT2D eigenvalue weighted by Gasteiger charge is -2.13. The van der Waals surface area contributed by atoms with Gasteiger partial charge in [-0.2, -0.15) is 0 Å². The first-order chi connectivity index (χ1) is 10.7. The molecular weight excluding hydrogens is 294 g/mol. The summed E-state index contributed by atoms with van der Waals surface area (Å²) in [5.41, 5.74) is 9.54. The Bertz CT molecular complexity index is 771. The smallest absolute Gasteiger partial charge is 0.127 e. The molecule has 2 nitrogen and oxygen atoms in total. The van der Waals surface area contributed by atoms with Gasteiger partial charge in [-0.25, -0.2) is 0 Å². The third-order valence-electron chi connectivity index (χ3n) is 3.40. The first-order valence-corrected chi connectivity index (χ1v) is 7.43. The number of halogens is 1. The maximum atomic E-state index is 6.30. The summed E-state index contributed by atoms with van der Waals surface area (Å²) in [6, 6.07) is 23.3. The second kappa shape index (κ2) is 6.54. The number of anilines is 1. The van der Waals surface area contributed by atoms with Crippen LogP contribution in [-0.2, 0) is 6.61 Å². The molecule has 2 N–H and O–H groups in total. The van der Waals surface area contributed by atoms with E-state index in [1.54, 1.807) is 0 Å². The summed E-state index contributed by atoms with van der Waals surface area (Å²) < 4.78 is 5.97. The van der Waals surface area contributed by atoms with E-state index in [-0.39, 0.29) is 0 Å². The van der Waals surface area contributed by atoms with Gasteiger partial charge in [0.15, 0.2) is 0 Å². The largest absolute Gasteiger partial charge is 0.488 e. The number of rotatable bonds is 4. The molecule has 0 unspecified atom stereocenters. The Balaban J connectivity index is 1.93. The summed E-state index contributed by atoms with van der Waals surface area (Å²) in [6.07, 6.45) is 0. The number of hydrogen-bond acceptors (Lipinski definition) is 2. The molecule has 0 aliphatic rings. The highest BCUT2D eigenvalue weighted by Gasteiger charge is 2.10. The molecule has 110 valence electrons. The maximum absolute atomic E-state index is 6.30. The fraction of sp³-hybridized carbons (Fsp3) is 0.0526. The van der Waals surface area contributed by atoms with Crippen LogP contribution >= 0.6 is 11.6 Å². The number of nitrogen functional groups attached to an aromatic ring is 1. The van der Waals surface area contributed by atoms with Crippen molar-refractivity contribution in [2.75, 3.05) is 5.73 Å². The van der Waals surface area contributed by atoms with Gasteiger partial charge in [0.25, 0.3) is 0 Å². The van der Waals surface area contributed by atoms with Crippen molar-refractivity contribution < 1.29 is 4.74 Å². The van der Waals surface area contributed by atoms with Crippen LogP contribution in [0.5, 0.6) is 5.75 Å². The van der Waals surface area contributed by atoms with Gasteiger partial charge in [0, 0.05) is 21.8 Å². The molecule has 0 radical (unpaired) electrons. The van der Waals surface area contributed by atoms with Gasteiger partial charge >= 0.3 is 0 Å². The molecule has 0 heterocycles. The SMILES string of the molecule is Nc1ccc(OCc2ccccc2)c(-c2ccccc2Cl)c1. The van der Waals surface area contributed by atoms with Crippen LogP contribution in [-0.4, -0.2) is 0 Å². The third-order valence-corrected chi connectivity index (χ3v) is 3.73. The molecule has 0 aromatic heterocycles.